The first-order chi connectivity index (χ1) is 14.5. The normalized spacial score (nSPS) is 11.4. The van der Waals surface area contributed by atoms with Gasteiger partial charge in [0.15, 0.2) is 11.5 Å². The van der Waals surface area contributed by atoms with E-state index < -0.39 is 7.82 Å². The number of hydrogen-bond acceptors (Lipinski definition) is 4. The number of halogens is 6. The number of para-hydroxylation sites is 1. The monoisotopic (exact) mass is 822 g/mol. The van der Waals surface area contributed by atoms with E-state index in [1.807, 2.05) is 32.0 Å². The van der Waals surface area contributed by atoms with Gasteiger partial charge >= 0.3 is 7.82 Å². The molecule has 4 nitrogen and oxygen atoms in total. The van der Waals surface area contributed by atoms with Crippen LogP contribution in [0.3, 0.4) is 0 Å². The van der Waals surface area contributed by atoms with Crippen LogP contribution in [0.5, 0.6) is 17.2 Å². The van der Waals surface area contributed by atoms with Crippen LogP contribution in [0, 0.1) is 13.8 Å². The molecule has 0 radical (unpaired) electrons. The minimum atomic E-state index is -4.23. The van der Waals surface area contributed by atoms with Gasteiger partial charge in [-0.15, -0.1) is 0 Å². The fourth-order valence-corrected chi connectivity index (χ4v) is 9.37. The molecule has 164 valence electrons. The summed E-state index contributed by atoms with van der Waals surface area (Å²) >= 11 is 20.6. The van der Waals surface area contributed by atoms with Gasteiger partial charge in [0.2, 0.25) is 0 Å². The van der Waals surface area contributed by atoms with Crippen molar-refractivity contribution in [3.05, 3.63) is 80.4 Å². The molecule has 0 aliphatic rings. The Morgan fingerprint density at radius 1 is 0.613 bits per heavy atom. The highest BCUT2D eigenvalue weighted by atomic mass is 79.9. The summed E-state index contributed by atoms with van der Waals surface area (Å²) in [6, 6.07) is 12.7. The van der Waals surface area contributed by atoms with Crippen LogP contribution in [0.2, 0.25) is 0 Å². The minimum Gasteiger partial charge on any atom is -0.385 e. The lowest BCUT2D eigenvalue weighted by Gasteiger charge is -2.23. The number of phosphoric ester groups is 1. The van der Waals surface area contributed by atoms with Gasteiger partial charge in [-0.05, 0) is 113 Å². The molecule has 0 unspecified atom stereocenters. The van der Waals surface area contributed by atoms with E-state index in [4.69, 9.17) is 13.6 Å². The fourth-order valence-electron chi connectivity index (χ4n) is 2.57. The zero-order chi connectivity index (χ0) is 22.9. The van der Waals surface area contributed by atoms with Crippen LogP contribution in [-0.2, 0) is 4.57 Å². The predicted molar refractivity (Wildman–Crippen MR) is 144 cm³/mol. The first-order valence-electron chi connectivity index (χ1n) is 8.53. The summed E-state index contributed by atoms with van der Waals surface area (Å²) in [6.07, 6.45) is 0. The maximum Gasteiger partial charge on any atom is 0.647 e. The minimum absolute atomic E-state index is 0.280. The first kappa shape index (κ1) is 25.8. The van der Waals surface area contributed by atoms with Crippen molar-refractivity contribution < 1.29 is 18.1 Å². The molecule has 3 aromatic carbocycles. The van der Waals surface area contributed by atoms with E-state index in [9.17, 15) is 4.57 Å². The third-order valence-electron chi connectivity index (χ3n) is 3.94. The Morgan fingerprint density at radius 2 is 0.935 bits per heavy atom. The Labute approximate surface area is 230 Å². The van der Waals surface area contributed by atoms with Crippen LogP contribution in [0.15, 0.2) is 69.3 Å². The maximum atomic E-state index is 14.0. The fraction of sp³-hybridized carbons (Fsp3) is 0.100. The lowest BCUT2D eigenvalue weighted by atomic mass is 10.1. The second-order valence-electron chi connectivity index (χ2n) is 6.34. The van der Waals surface area contributed by atoms with E-state index in [-0.39, 0.29) is 11.5 Å². The van der Waals surface area contributed by atoms with Crippen molar-refractivity contribution in [3.63, 3.8) is 0 Å². The highest BCUT2D eigenvalue weighted by molar-refractivity contribution is 9.12. The zero-order valence-corrected chi connectivity index (χ0v) is 26.3. The summed E-state index contributed by atoms with van der Waals surface area (Å²) in [5.74, 6) is 0.990. The molecule has 0 aromatic heterocycles. The van der Waals surface area contributed by atoms with Gasteiger partial charge in [0.1, 0.15) is 5.75 Å². The molecule has 0 aliphatic heterocycles. The van der Waals surface area contributed by atoms with E-state index in [0.29, 0.717) is 23.6 Å². The van der Waals surface area contributed by atoms with Gasteiger partial charge in [-0.25, -0.2) is 0 Å². The Morgan fingerprint density at radius 3 is 1.29 bits per heavy atom. The summed E-state index contributed by atoms with van der Waals surface area (Å²) in [5, 5.41) is 0. The SMILES string of the molecule is Cc1cccc(C)c1OP(=O)(Oc1c(Br)cc(Br)cc1Br)Oc1c(Br)cc(Br)cc1Br. The Balaban J connectivity index is 2.11. The molecule has 11 heteroatoms. The Bertz CT molecular complexity index is 1070. The number of benzene rings is 3. The molecule has 3 aromatic rings. The molecule has 3 rings (SSSR count). The molecule has 0 N–H and O–H groups in total. The third kappa shape index (κ3) is 6.40. The molecule has 0 saturated heterocycles. The molecule has 0 fully saturated rings. The number of rotatable bonds is 6. The average Bonchev–Trinajstić information content (AvgIpc) is 2.65. The second kappa shape index (κ2) is 10.6. The summed E-state index contributed by atoms with van der Waals surface area (Å²) in [6.45, 7) is 3.73. The predicted octanol–water partition coefficient (Wildman–Crippen LogP) is 10.5. The van der Waals surface area contributed by atoms with Crippen molar-refractivity contribution >= 4 is 103 Å². The second-order valence-corrected chi connectivity index (χ2v) is 13.0. The summed E-state index contributed by atoms with van der Waals surface area (Å²) in [5.41, 5.74) is 1.60. The van der Waals surface area contributed by atoms with Crippen molar-refractivity contribution in [2.24, 2.45) is 0 Å². The summed E-state index contributed by atoms with van der Waals surface area (Å²) in [7, 11) is -4.23. The smallest absolute Gasteiger partial charge is 0.385 e. The lowest BCUT2D eigenvalue weighted by molar-refractivity contribution is 0.294. The highest BCUT2D eigenvalue weighted by Crippen LogP contribution is 2.56. The molecule has 0 heterocycles. The quantitative estimate of drug-likeness (QED) is 0.232. The van der Waals surface area contributed by atoms with E-state index in [1.165, 1.54) is 0 Å². The van der Waals surface area contributed by atoms with Gasteiger partial charge in [0.05, 0.1) is 17.9 Å². The molecule has 0 aliphatic carbocycles. The molecule has 0 spiro atoms. The van der Waals surface area contributed by atoms with E-state index in [2.05, 4.69) is 95.6 Å². The van der Waals surface area contributed by atoms with Crippen LogP contribution < -0.4 is 13.6 Å². The number of aryl methyl sites for hydroxylation is 2. The van der Waals surface area contributed by atoms with Crippen molar-refractivity contribution in [2.45, 2.75) is 13.8 Å². The standard InChI is InChI=1S/C20H13Br6O4P/c1-10-4-3-5-11(2)18(10)28-31(27,29-19-14(23)6-12(21)7-15(19)24)30-20-16(25)8-13(22)9-17(20)26/h3-9H,1-2H3. The lowest BCUT2D eigenvalue weighted by Crippen LogP contribution is -2.10. The van der Waals surface area contributed by atoms with Crippen LogP contribution in [-0.4, -0.2) is 0 Å². The van der Waals surface area contributed by atoms with Gasteiger partial charge in [-0.1, -0.05) is 50.1 Å². The average molecular weight is 828 g/mol. The summed E-state index contributed by atoms with van der Waals surface area (Å²) in [4.78, 5) is 0. The zero-order valence-electron chi connectivity index (χ0n) is 15.9. The molecule has 31 heavy (non-hydrogen) atoms. The van der Waals surface area contributed by atoms with Crippen molar-refractivity contribution in [3.8, 4) is 17.2 Å². The van der Waals surface area contributed by atoms with Crippen LogP contribution in [0.25, 0.3) is 0 Å². The Hall–Kier alpha value is 0.170. The van der Waals surface area contributed by atoms with Crippen LogP contribution >= 0.6 is 103 Å². The van der Waals surface area contributed by atoms with E-state index in [1.54, 1.807) is 24.3 Å². The molecule has 0 saturated carbocycles. The van der Waals surface area contributed by atoms with Crippen molar-refractivity contribution in [1.29, 1.82) is 0 Å². The Kier molecular flexibility index (Phi) is 8.83. The topological polar surface area (TPSA) is 44.8 Å². The van der Waals surface area contributed by atoms with Gasteiger partial charge in [0.25, 0.3) is 0 Å². The largest absolute Gasteiger partial charge is 0.647 e. The molecular weight excluding hydrogens is 815 g/mol. The van der Waals surface area contributed by atoms with Crippen LogP contribution in [0.4, 0.5) is 0 Å². The number of phosphoric acid groups is 1. The van der Waals surface area contributed by atoms with Gasteiger partial charge in [-0.3, -0.25) is 0 Å². The molecule has 0 bridgehead atoms. The van der Waals surface area contributed by atoms with Crippen molar-refractivity contribution in [2.75, 3.05) is 0 Å². The third-order valence-corrected chi connectivity index (χ3v) is 8.43. The highest BCUT2D eigenvalue weighted by Gasteiger charge is 2.37. The van der Waals surface area contributed by atoms with Gasteiger partial charge in [0, 0.05) is 8.95 Å². The van der Waals surface area contributed by atoms with E-state index >= 15 is 0 Å². The van der Waals surface area contributed by atoms with Gasteiger partial charge < -0.3 is 13.6 Å². The van der Waals surface area contributed by atoms with Gasteiger partial charge in [-0.2, -0.15) is 4.57 Å². The molecule has 0 amide bonds. The summed E-state index contributed by atoms with van der Waals surface area (Å²) < 4.78 is 35.7. The first-order valence-corrected chi connectivity index (χ1v) is 14.7. The molecular formula is C20H13Br6O4P. The number of hydrogen-bond donors (Lipinski definition) is 0. The maximum absolute atomic E-state index is 14.0. The van der Waals surface area contributed by atoms with E-state index in [0.717, 1.165) is 20.1 Å². The molecule has 0 atom stereocenters. The van der Waals surface area contributed by atoms with Crippen LogP contribution in [0.1, 0.15) is 11.1 Å². The van der Waals surface area contributed by atoms with Crippen molar-refractivity contribution in [1.82, 2.24) is 0 Å².